The van der Waals surface area contributed by atoms with Gasteiger partial charge in [-0.1, -0.05) is 26.3 Å². The lowest BCUT2D eigenvalue weighted by Gasteiger charge is -2.23. The van der Waals surface area contributed by atoms with Crippen molar-refractivity contribution in [3.05, 3.63) is 58.7 Å². The van der Waals surface area contributed by atoms with E-state index in [-0.39, 0.29) is 19.0 Å². The van der Waals surface area contributed by atoms with Gasteiger partial charge < -0.3 is 26.0 Å². The fourth-order valence-electron chi connectivity index (χ4n) is 3.16. The normalized spacial score (nSPS) is 11.7. The van der Waals surface area contributed by atoms with Crippen LogP contribution >= 0.6 is 0 Å². The third-order valence-corrected chi connectivity index (χ3v) is 4.58. The maximum absolute atomic E-state index is 12.2. The number of hydrogen-bond acceptors (Lipinski definition) is 5. The lowest BCUT2D eigenvalue weighted by atomic mass is 9.95. The van der Waals surface area contributed by atoms with E-state index in [0.717, 1.165) is 30.4 Å². The van der Waals surface area contributed by atoms with Crippen molar-refractivity contribution in [1.29, 1.82) is 5.41 Å². The van der Waals surface area contributed by atoms with Crippen LogP contribution < -0.4 is 15.8 Å². The molecular weight excluding hydrogens is 370 g/mol. The third kappa shape index (κ3) is 5.71. The van der Waals surface area contributed by atoms with Crippen LogP contribution in [0.25, 0.3) is 0 Å². The molecule has 7 nitrogen and oxygen atoms in total. The van der Waals surface area contributed by atoms with Gasteiger partial charge in [-0.2, -0.15) is 0 Å². The number of aliphatic hydroxyl groups excluding tert-OH is 1. The number of benzene rings is 2. The fourth-order valence-corrected chi connectivity index (χ4v) is 3.16. The van der Waals surface area contributed by atoms with Crippen molar-refractivity contribution in [2.45, 2.75) is 39.2 Å². The van der Waals surface area contributed by atoms with Gasteiger partial charge in [0.25, 0.3) is 0 Å². The van der Waals surface area contributed by atoms with Crippen LogP contribution in [0.5, 0.6) is 5.75 Å². The van der Waals surface area contributed by atoms with Gasteiger partial charge in [-0.05, 0) is 54.3 Å². The Morgan fingerprint density at radius 1 is 1.24 bits per heavy atom. The number of aliphatic carboxylic acids is 1. The molecule has 6 N–H and O–H groups in total. The van der Waals surface area contributed by atoms with Gasteiger partial charge in [0.15, 0.2) is 6.04 Å². The Hall–Kier alpha value is -3.06. The summed E-state index contributed by atoms with van der Waals surface area (Å²) in [6.45, 7) is 4.01. The van der Waals surface area contributed by atoms with E-state index < -0.39 is 12.0 Å². The molecule has 1 atom stereocenters. The van der Waals surface area contributed by atoms with E-state index in [2.05, 4.69) is 12.2 Å². The molecule has 2 aromatic carbocycles. The van der Waals surface area contributed by atoms with Gasteiger partial charge >= 0.3 is 5.97 Å². The first-order chi connectivity index (χ1) is 13.9. The molecule has 0 spiro atoms. The van der Waals surface area contributed by atoms with Crippen LogP contribution in [0.2, 0.25) is 0 Å². The molecule has 0 amide bonds. The summed E-state index contributed by atoms with van der Waals surface area (Å²) in [5.74, 6) is -0.575. The minimum Gasteiger partial charge on any atom is -0.491 e. The second kappa shape index (κ2) is 10.5. The summed E-state index contributed by atoms with van der Waals surface area (Å²) in [6.07, 6.45) is 2.41. The first-order valence-corrected chi connectivity index (χ1v) is 9.74. The van der Waals surface area contributed by atoms with E-state index in [4.69, 9.17) is 15.9 Å². The van der Waals surface area contributed by atoms with E-state index in [1.807, 2.05) is 19.1 Å². The van der Waals surface area contributed by atoms with Crippen molar-refractivity contribution in [2.75, 3.05) is 18.5 Å². The summed E-state index contributed by atoms with van der Waals surface area (Å²) in [5.41, 5.74) is 9.13. The van der Waals surface area contributed by atoms with Crippen LogP contribution in [-0.2, 0) is 17.6 Å². The van der Waals surface area contributed by atoms with Gasteiger partial charge in [0.05, 0.1) is 6.61 Å². The van der Waals surface area contributed by atoms with Crippen LogP contribution in [0.4, 0.5) is 5.69 Å². The maximum Gasteiger partial charge on any atom is 0.330 e. The minimum atomic E-state index is -1.04. The molecule has 0 heterocycles. The number of carboxylic acid groups (broad SMARTS) is 1. The standard InChI is InChI=1S/C22H29N3O4/c1-3-5-16-12-14(4-2)13-18(20(16)29-11-10-26)19(22(27)28)25-17-8-6-15(7-9-17)21(23)24/h6-9,12-13,19,25-26H,3-5,10-11H2,1-2H3,(H3,23,24)(H,27,28). The van der Waals surface area contributed by atoms with Crippen LogP contribution in [0.15, 0.2) is 36.4 Å². The molecular formula is C22H29N3O4. The summed E-state index contributed by atoms with van der Waals surface area (Å²) in [6, 6.07) is 9.57. The molecule has 2 rings (SSSR count). The highest BCUT2D eigenvalue weighted by Gasteiger charge is 2.26. The van der Waals surface area contributed by atoms with Crippen molar-refractivity contribution >= 4 is 17.5 Å². The van der Waals surface area contributed by atoms with Crippen LogP contribution in [-0.4, -0.2) is 35.2 Å². The average molecular weight is 399 g/mol. The summed E-state index contributed by atoms with van der Waals surface area (Å²) in [4.78, 5) is 12.2. The Labute approximate surface area is 171 Å². The number of anilines is 1. The SMILES string of the molecule is CCCc1cc(CC)cc(C(Nc2ccc(C(=N)N)cc2)C(=O)O)c1OCCO. The predicted octanol–water partition coefficient (Wildman–Crippen LogP) is 3.09. The van der Waals surface area contributed by atoms with Gasteiger partial charge in [-0.25, -0.2) is 4.79 Å². The summed E-state index contributed by atoms with van der Waals surface area (Å²) in [7, 11) is 0. The second-order valence-corrected chi connectivity index (χ2v) is 6.76. The van der Waals surface area contributed by atoms with Gasteiger partial charge in [-0.15, -0.1) is 0 Å². The van der Waals surface area contributed by atoms with Gasteiger partial charge in [0.2, 0.25) is 0 Å². The largest absolute Gasteiger partial charge is 0.491 e. The predicted molar refractivity (Wildman–Crippen MR) is 114 cm³/mol. The molecule has 156 valence electrons. The quantitative estimate of drug-likeness (QED) is 0.292. The van der Waals surface area contributed by atoms with Crippen LogP contribution in [0, 0.1) is 5.41 Å². The molecule has 0 aliphatic rings. The van der Waals surface area contributed by atoms with Crippen LogP contribution in [0.3, 0.4) is 0 Å². The van der Waals surface area contributed by atoms with Crippen molar-refractivity contribution in [3.63, 3.8) is 0 Å². The number of rotatable bonds is 11. The molecule has 0 fully saturated rings. The molecule has 2 aromatic rings. The molecule has 0 aromatic heterocycles. The number of hydrogen-bond donors (Lipinski definition) is 5. The number of carboxylic acids is 1. The van der Waals surface area contributed by atoms with Crippen LogP contribution in [0.1, 0.15) is 48.6 Å². The summed E-state index contributed by atoms with van der Waals surface area (Å²) < 4.78 is 5.79. The van der Waals surface area contributed by atoms with Gasteiger partial charge in [-0.3, -0.25) is 5.41 Å². The van der Waals surface area contributed by atoms with E-state index >= 15 is 0 Å². The Morgan fingerprint density at radius 3 is 2.45 bits per heavy atom. The Kier molecular flexibility index (Phi) is 8.03. The van der Waals surface area contributed by atoms with Crippen molar-refractivity contribution in [1.82, 2.24) is 0 Å². The van der Waals surface area contributed by atoms with E-state index in [1.165, 1.54) is 0 Å². The third-order valence-electron chi connectivity index (χ3n) is 4.58. The van der Waals surface area contributed by atoms with Gasteiger partial charge in [0.1, 0.15) is 18.2 Å². The number of aliphatic hydroxyl groups is 1. The van der Waals surface area contributed by atoms with Crippen molar-refractivity contribution in [2.24, 2.45) is 5.73 Å². The minimum absolute atomic E-state index is 0.0501. The molecule has 7 heteroatoms. The zero-order valence-electron chi connectivity index (χ0n) is 16.9. The summed E-state index contributed by atoms with van der Waals surface area (Å²) in [5, 5.41) is 29.7. The lowest BCUT2D eigenvalue weighted by Crippen LogP contribution is -2.23. The number of aryl methyl sites for hydroxylation is 2. The monoisotopic (exact) mass is 399 g/mol. The number of amidine groups is 1. The fraction of sp³-hybridized carbons (Fsp3) is 0.364. The number of carbonyl (C=O) groups is 1. The lowest BCUT2D eigenvalue weighted by molar-refractivity contribution is -0.138. The first kappa shape index (κ1) is 22.2. The van der Waals surface area contributed by atoms with E-state index in [9.17, 15) is 15.0 Å². The molecule has 0 aliphatic heterocycles. The summed E-state index contributed by atoms with van der Waals surface area (Å²) >= 11 is 0. The molecule has 1 unspecified atom stereocenters. The smallest absolute Gasteiger partial charge is 0.330 e. The first-order valence-electron chi connectivity index (χ1n) is 9.74. The highest BCUT2D eigenvalue weighted by molar-refractivity contribution is 5.95. The Bertz CT molecular complexity index is 850. The average Bonchev–Trinajstić information content (AvgIpc) is 2.71. The molecule has 29 heavy (non-hydrogen) atoms. The molecule has 0 saturated heterocycles. The molecule has 0 radical (unpaired) electrons. The zero-order valence-corrected chi connectivity index (χ0v) is 16.9. The Balaban J connectivity index is 2.50. The zero-order chi connectivity index (χ0) is 21.4. The number of ether oxygens (including phenoxy) is 1. The second-order valence-electron chi connectivity index (χ2n) is 6.76. The number of nitrogen functional groups attached to an aromatic ring is 1. The number of nitrogens with one attached hydrogen (secondary N) is 2. The molecule has 0 aliphatic carbocycles. The van der Waals surface area contributed by atoms with Crippen molar-refractivity contribution < 1.29 is 19.7 Å². The number of nitrogens with two attached hydrogens (primary N) is 1. The highest BCUT2D eigenvalue weighted by Crippen LogP contribution is 2.34. The molecule has 0 saturated carbocycles. The van der Waals surface area contributed by atoms with E-state index in [1.54, 1.807) is 24.3 Å². The maximum atomic E-state index is 12.2. The molecule has 0 bridgehead atoms. The Morgan fingerprint density at radius 2 is 1.93 bits per heavy atom. The topological polar surface area (TPSA) is 129 Å². The van der Waals surface area contributed by atoms with Gasteiger partial charge in [0, 0.05) is 16.8 Å². The van der Waals surface area contributed by atoms with Crippen molar-refractivity contribution in [3.8, 4) is 5.75 Å². The highest BCUT2D eigenvalue weighted by atomic mass is 16.5. The van der Waals surface area contributed by atoms with E-state index in [0.29, 0.717) is 22.6 Å².